The molecule has 1 aromatic heterocycles. The molecule has 0 saturated heterocycles. The summed E-state index contributed by atoms with van der Waals surface area (Å²) in [6, 6.07) is 76.5. The number of aromatic nitrogens is 1. The Morgan fingerprint density at radius 1 is 0.386 bits per heavy atom. The molecule has 57 heavy (non-hydrogen) atoms. The van der Waals surface area contributed by atoms with Crippen LogP contribution in [0.4, 0.5) is 17.1 Å². The van der Waals surface area contributed by atoms with E-state index < -0.39 is 5.41 Å². The predicted molar refractivity (Wildman–Crippen MR) is 240 cm³/mol. The van der Waals surface area contributed by atoms with Crippen LogP contribution in [0.25, 0.3) is 49.4 Å². The van der Waals surface area contributed by atoms with E-state index in [1.54, 1.807) is 0 Å². The molecule has 0 N–H and O–H groups in total. The fourth-order valence-electron chi connectivity index (χ4n) is 9.92. The summed E-state index contributed by atoms with van der Waals surface area (Å²) in [7, 11) is 0. The molecule has 0 bridgehead atoms. The monoisotopic (exact) mass is 728 g/mol. The average molecular weight is 729 g/mol. The summed E-state index contributed by atoms with van der Waals surface area (Å²) >= 11 is 0. The highest BCUT2D eigenvalue weighted by Crippen LogP contribution is 2.60. The first kappa shape index (κ1) is 33.2. The smallest absolute Gasteiger partial charge is 0.0715 e. The molecule has 1 aliphatic rings. The Morgan fingerprint density at radius 3 is 1.49 bits per heavy atom. The van der Waals surface area contributed by atoms with Crippen LogP contribution in [0.15, 0.2) is 206 Å². The van der Waals surface area contributed by atoms with Crippen molar-refractivity contribution in [3.63, 3.8) is 0 Å². The van der Waals surface area contributed by atoms with Gasteiger partial charge in [0.2, 0.25) is 0 Å². The number of aryl methyl sites for hydroxylation is 2. The van der Waals surface area contributed by atoms with Gasteiger partial charge in [-0.15, -0.1) is 0 Å². The van der Waals surface area contributed by atoms with E-state index in [4.69, 9.17) is 0 Å². The van der Waals surface area contributed by atoms with Gasteiger partial charge in [-0.1, -0.05) is 152 Å². The van der Waals surface area contributed by atoms with Gasteiger partial charge < -0.3 is 9.47 Å². The lowest BCUT2D eigenvalue weighted by atomic mass is 9.67. The minimum absolute atomic E-state index is 0.619. The van der Waals surface area contributed by atoms with Crippen LogP contribution < -0.4 is 4.90 Å². The minimum atomic E-state index is -0.619. The topological polar surface area (TPSA) is 8.17 Å². The van der Waals surface area contributed by atoms with E-state index in [1.165, 1.54) is 82.8 Å². The molecular weight excluding hydrogens is 689 g/mol. The zero-order valence-electron chi connectivity index (χ0n) is 32.0. The van der Waals surface area contributed by atoms with Gasteiger partial charge in [0.15, 0.2) is 0 Å². The summed E-state index contributed by atoms with van der Waals surface area (Å²) in [4.78, 5) is 2.42. The van der Waals surface area contributed by atoms with Crippen LogP contribution in [0.3, 0.4) is 0 Å². The number of para-hydroxylation sites is 3. The Morgan fingerprint density at radius 2 is 0.895 bits per heavy atom. The Kier molecular flexibility index (Phi) is 7.55. The van der Waals surface area contributed by atoms with Gasteiger partial charge in [-0.2, -0.15) is 0 Å². The molecule has 10 aromatic rings. The normalized spacial score (nSPS) is 12.9. The number of anilines is 3. The first-order chi connectivity index (χ1) is 28.1. The van der Waals surface area contributed by atoms with E-state index in [2.05, 4.69) is 230 Å². The molecule has 0 radical (unpaired) electrons. The molecular formula is C55H40N2. The number of fused-ring (bicyclic) bond motifs is 8. The molecule has 0 spiro atoms. The molecule has 9 aromatic carbocycles. The largest absolute Gasteiger partial charge is 0.310 e. The second-order valence-corrected chi connectivity index (χ2v) is 15.5. The van der Waals surface area contributed by atoms with Crippen molar-refractivity contribution in [2.45, 2.75) is 19.3 Å². The third-order valence-electron chi connectivity index (χ3n) is 12.1. The Balaban J connectivity index is 1.29. The average Bonchev–Trinajstić information content (AvgIpc) is 3.75. The number of hydrogen-bond acceptors (Lipinski definition) is 1. The standard InChI is InChI=1S/C55H40N2/c1-37-32-38(2)34-43(33-37)56(41-22-10-5-11-23-41)42-30-31-48-49(35-42)55(39-18-6-3-7-19-39,40-20-8-4-9-21-40)50-36-53(46-26-12-13-27-47(46)54(48)50)57-51-28-16-14-24-44(51)45-25-15-17-29-52(45)57/h3-36H,1-2H3. The molecule has 2 nitrogen and oxygen atoms in total. The van der Waals surface area contributed by atoms with E-state index in [-0.39, 0.29) is 0 Å². The second-order valence-electron chi connectivity index (χ2n) is 15.5. The van der Waals surface area contributed by atoms with Crippen molar-refractivity contribution in [1.82, 2.24) is 4.57 Å². The fourth-order valence-corrected chi connectivity index (χ4v) is 9.92. The fraction of sp³-hybridized carbons (Fsp3) is 0.0545. The van der Waals surface area contributed by atoms with Gasteiger partial charge in [-0.05, 0) is 118 Å². The summed E-state index contributed by atoms with van der Waals surface area (Å²) in [6.45, 7) is 4.38. The van der Waals surface area contributed by atoms with Crippen LogP contribution in [-0.4, -0.2) is 4.57 Å². The second kappa shape index (κ2) is 13.0. The van der Waals surface area contributed by atoms with Crippen molar-refractivity contribution in [3.05, 3.63) is 240 Å². The van der Waals surface area contributed by atoms with Gasteiger partial charge in [0.25, 0.3) is 0 Å². The molecule has 0 unspecified atom stereocenters. The third-order valence-corrected chi connectivity index (χ3v) is 12.1. The molecule has 270 valence electrons. The minimum Gasteiger partial charge on any atom is -0.310 e. The van der Waals surface area contributed by atoms with E-state index in [1.807, 2.05) is 0 Å². The lowest BCUT2D eigenvalue weighted by Crippen LogP contribution is -2.29. The van der Waals surface area contributed by atoms with Crippen molar-refractivity contribution in [1.29, 1.82) is 0 Å². The first-order valence-electron chi connectivity index (χ1n) is 19.9. The predicted octanol–water partition coefficient (Wildman–Crippen LogP) is 14.4. The SMILES string of the molecule is Cc1cc(C)cc(N(c2ccccc2)c2ccc3c(c2)C(c2ccccc2)(c2ccccc2)c2cc(-n4c5ccccc5c5ccccc54)c4ccccc4c2-3)c1. The summed E-state index contributed by atoms with van der Waals surface area (Å²) in [5.74, 6) is 0. The van der Waals surface area contributed by atoms with Gasteiger partial charge in [-0.3, -0.25) is 0 Å². The van der Waals surface area contributed by atoms with Crippen molar-refractivity contribution in [3.8, 4) is 16.8 Å². The summed E-state index contributed by atoms with van der Waals surface area (Å²) in [5.41, 5.74) is 16.5. The van der Waals surface area contributed by atoms with Crippen LogP contribution in [0, 0.1) is 13.8 Å². The molecule has 1 heterocycles. The van der Waals surface area contributed by atoms with Crippen LogP contribution >= 0.6 is 0 Å². The molecule has 0 amide bonds. The highest BCUT2D eigenvalue weighted by atomic mass is 15.1. The highest BCUT2D eigenvalue weighted by molar-refractivity contribution is 6.13. The summed E-state index contributed by atoms with van der Waals surface area (Å²) in [5, 5.41) is 5.01. The molecule has 2 heteroatoms. The molecule has 0 fully saturated rings. The van der Waals surface area contributed by atoms with E-state index in [0.29, 0.717) is 0 Å². The van der Waals surface area contributed by atoms with Gasteiger partial charge in [-0.25, -0.2) is 0 Å². The maximum absolute atomic E-state index is 2.52. The van der Waals surface area contributed by atoms with Gasteiger partial charge in [0, 0.05) is 33.2 Å². The van der Waals surface area contributed by atoms with Crippen molar-refractivity contribution in [2.75, 3.05) is 4.90 Å². The molecule has 11 rings (SSSR count). The quantitative estimate of drug-likeness (QED) is 0.165. The lowest BCUT2D eigenvalue weighted by Gasteiger charge is -2.35. The number of nitrogens with zero attached hydrogens (tertiary/aromatic N) is 2. The van der Waals surface area contributed by atoms with Crippen molar-refractivity contribution >= 4 is 49.6 Å². The van der Waals surface area contributed by atoms with Crippen molar-refractivity contribution in [2.24, 2.45) is 0 Å². The van der Waals surface area contributed by atoms with E-state index in [9.17, 15) is 0 Å². The summed E-state index contributed by atoms with van der Waals surface area (Å²) < 4.78 is 2.50. The van der Waals surface area contributed by atoms with Gasteiger partial charge in [0.05, 0.1) is 22.1 Å². The first-order valence-corrected chi connectivity index (χ1v) is 19.9. The van der Waals surface area contributed by atoms with E-state index in [0.717, 1.165) is 17.1 Å². The molecule has 0 aliphatic heterocycles. The number of hydrogen-bond donors (Lipinski definition) is 0. The van der Waals surface area contributed by atoms with E-state index >= 15 is 0 Å². The third kappa shape index (κ3) is 4.97. The number of rotatable bonds is 6. The molecule has 0 atom stereocenters. The zero-order chi connectivity index (χ0) is 38.1. The molecule has 0 saturated carbocycles. The number of benzene rings is 9. The Bertz CT molecular complexity index is 3030. The molecule has 1 aliphatic carbocycles. The van der Waals surface area contributed by atoms with Crippen LogP contribution in [0.1, 0.15) is 33.4 Å². The maximum Gasteiger partial charge on any atom is 0.0715 e. The zero-order valence-corrected chi connectivity index (χ0v) is 32.0. The van der Waals surface area contributed by atoms with Crippen LogP contribution in [0.2, 0.25) is 0 Å². The van der Waals surface area contributed by atoms with Gasteiger partial charge >= 0.3 is 0 Å². The summed E-state index contributed by atoms with van der Waals surface area (Å²) in [6.07, 6.45) is 0. The Labute approximate surface area is 333 Å². The van der Waals surface area contributed by atoms with Crippen LogP contribution in [0.5, 0.6) is 0 Å². The van der Waals surface area contributed by atoms with Crippen molar-refractivity contribution < 1.29 is 0 Å². The highest BCUT2D eigenvalue weighted by Gasteiger charge is 2.47. The van der Waals surface area contributed by atoms with Crippen LogP contribution in [-0.2, 0) is 5.41 Å². The maximum atomic E-state index is 2.52. The van der Waals surface area contributed by atoms with Gasteiger partial charge in [0.1, 0.15) is 0 Å². The lowest BCUT2D eigenvalue weighted by molar-refractivity contribution is 0.768. The Hall–Kier alpha value is -7.16.